The fraction of sp³-hybridized carbons (Fsp3) is 0.318. The van der Waals surface area contributed by atoms with Gasteiger partial charge in [0.1, 0.15) is 5.75 Å². The Morgan fingerprint density at radius 2 is 2.03 bits per heavy atom. The summed E-state index contributed by atoms with van der Waals surface area (Å²) in [6.45, 7) is 2.00. The summed E-state index contributed by atoms with van der Waals surface area (Å²) in [5, 5.41) is 14.7. The third-order valence-corrected chi connectivity index (χ3v) is 4.83. The van der Waals surface area contributed by atoms with Crippen molar-refractivity contribution >= 4 is 29.2 Å². The Balaban J connectivity index is 1.44. The lowest BCUT2D eigenvalue weighted by Gasteiger charge is -2.17. The Labute approximate surface area is 169 Å². The van der Waals surface area contributed by atoms with Crippen molar-refractivity contribution in [1.29, 1.82) is 0 Å². The molecule has 7 nitrogen and oxygen atoms in total. The number of carbonyl (C=O) groups excluding carboxylic acids is 2. The van der Waals surface area contributed by atoms with Crippen molar-refractivity contribution in [3.8, 4) is 5.75 Å². The maximum absolute atomic E-state index is 12.1. The maximum atomic E-state index is 12.1. The molecule has 0 bridgehead atoms. The van der Waals surface area contributed by atoms with Crippen LogP contribution in [0.4, 0.5) is 11.4 Å². The van der Waals surface area contributed by atoms with Gasteiger partial charge in [0.25, 0.3) is 0 Å². The number of carbonyl (C=O) groups is 3. The lowest BCUT2D eigenvalue weighted by atomic mass is 10.0. The van der Waals surface area contributed by atoms with E-state index >= 15 is 0 Å². The standard InChI is InChI=1S/C22H24N2O5/c1-14(22(27)28)15-4-2-5-17(12-15)23-20(25)6-3-11-29-18-8-9-19-16(13-18)7-10-21(26)24-19/h2,4-5,8-9,12-14H,3,6-7,10-11H2,1H3,(H,23,25)(H,24,26)(H,27,28). The van der Waals surface area contributed by atoms with Crippen molar-refractivity contribution in [3.63, 3.8) is 0 Å². The first-order chi connectivity index (χ1) is 13.9. The zero-order valence-electron chi connectivity index (χ0n) is 16.2. The molecule has 1 atom stereocenters. The average molecular weight is 396 g/mol. The van der Waals surface area contributed by atoms with Crippen LogP contribution in [-0.4, -0.2) is 29.5 Å². The van der Waals surface area contributed by atoms with E-state index in [0.717, 1.165) is 17.0 Å². The molecule has 152 valence electrons. The van der Waals surface area contributed by atoms with Crippen molar-refractivity contribution < 1.29 is 24.2 Å². The quantitative estimate of drug-likeness (QED) is 0.592. The van der Waals surface area contributed by atoms with Crippen LogP contribution in [-0.2, 0) is 20.8 Å². The van der Waals surface area contributed by atoms with Crippen molar-refractivity contribution in [1.82, 2.24) is 0 Å². The molecule has 3 rings (SSSR count). The van der Waals surface area contributed by atoms with Crippen LogP contribution in [0.25, 0.3) is 0 Å². The van der Waals surface area contributed by atoms with E-state index in [2.05, 4.69) is 10.6 Å². The number of carboxylic acids is 1. The molecule has 2 aromatic rings. The first-order valence-corrected chi connectivity index (χ1v) is 9.60. The molecule has 0 aliphatic carbocycles. The van der Waals surface area contributed by atoms with Crippen LogP contribution in [0.1, 0.15) is 43.2 Å². The van der Waals surface area contributed by atoms with Crippen molar-refractivity contribution in [2.75, 3.05) is 17.2 Å². The third-order valence-electron chi connectivity index (χ3n) is 4.83. The first kappa shape index (κ1) is 20.4. The minimum Gasteiger partial charge on any atom is -0.494 e. The smallest absolute Gasteiger partial charge is 0.310 e. The van der Waals surface area contributed by atoms with E-state index in [0.29, 0.717) is 43.5 Å². The number of ether oxygens (including phenoxy) is 1. The lowest BCUT2D eigenvalue weighted by Crippen LogP contribution is -2.18. The summed E-state index contributed by atoms with van der Waals surface area (Å²) in [7, 11) is 0. The Kier molecular flexibility index (Phi) is 6.49. The van der Waals surface area contributed by atoms with Crippen LogP contribution in [0.5, 0.6) is 5.75 Å². The monoisotopic (exact) mass is 396 g/mol. The van der Waals surface area contributed by atoms with Gasteiger partial charge in [-0.2, -0.15) is 0 Å². The molecule has 0 spiro atoms. The van der Waals surface area contributed by atoms with Gasteiger partial charge in [0.15, 0.2) is 0 Å². The lowest BCUT2D eigenvalue weighted by molar-refractivity contribution is -0.138. The number of aryl methyl sites for hydroxylation is 1. The Hall–Kier alpha value is -3.35. The van der Waals surface area contributed by atoms with Crippen molar-refractivity contribution in [2.24, 2.45) is 0 Å². The third kappa shape index (κ3) is 5.57. The van der Waals surface area contributed by atoms with Gasteiger partial charge in [0, 0.05) is 24.2 Å². The highest BCUT2D eigenvalue weighted by atomic mass is 16.5. The zero-order valence-corrected chi connectivity index (χ0v) is 16.2. The molecule has 1 aliphatic heterocycles. The van der Waals surface area contributed by atoms with E-state index < -0.39 is 11.9 Å². The number of anilines is 2. The highest BCUT2D eigenvalue weighted by Gasteiger charge is 2.16. The van der Waals surface area contributed by atoms with Gasteiger partial charge in [-0.25, -0.2) is 0 Å². The van der Waals surface area contributed by atoms with Gasteiger partial charge < -0.3 is 20.5 Å². The minimum atomic E-state index is -0.907. The number of nitrogens with one attached hydrogen (secondary N) is 2. The van der Waals surface area contributed by atoms with Gasteiger partial charge in [-0.15, -0.1) is 0 Å². The molecule has 0 radical (unpaired) electrons. The second kappa shape index (κ2) is 9.23. The van der Waals surface area contributed by atoms with E-state index in [9.17, 15) is 14.4 Å². The Bertz CT molecular complexity index is 925. The predicted octanol–water partition coefficient (Wildman–Crippen LogP) is 3.56. The zero-order chi connectivity index (χ0) is 20.8. The van der Waals surface area contributed by atoms with Gasteiger partial charge in [0.05, 0.1) is 12.5 Å². The van der Waals surface area contributed by atoms with E-state index in [1.54, 1.807) is 37.3 Å². The molecule has 2 aromatic carbocycles. The molecule has 0 fully saturated rings. The number of rotatable bonds is 8. The van der Waals surface area contributed by atoms with Crippen LogP contribution in [0, 0.1) is 0 Å². The number of fused-ring (bicyclic) bond motifs is 1. The van der Waals surface area contributed by atoms with E-state index in [1.807, 2.05) is 12.1 Å². The first-order valence-electron chi connectivity index (χ1n) is 9.60. The highest BCUT2D eigenvalue weighted by Crippen LogP contribution is 2.27. The molecule has 1 heterocycles. The highest BCUT2D eigenvalue weighted by molar-refractivity contribution is 5.94. The Morgan fingerprint density at radius 3 is 2.83 bits per heavy atom. The van der Waals surface area contributed by atoms with Crippen molar-refractivity contribution in [2.45, 2.75) is 38.5 Å². The molecule has 0 saturated carbocycles. The largest absolute Gasteiger partial charge is 0.494 e. The molecular weight excluding hydrogens is 372 g/mol. The number of benzene rings is 2. The average Bonchev–Trinajstić information content (AvgIpc) is 2.70. The predicted molar refractivity (Wildman–Crippen MR) is 109 cm³/mol. The number of hydrogen-bond donors (Lipinski definition) is 3. The van der Waals surface area contributed by atoms with Crippen LogP contribution < -0.4 is 15.4 Å². The topological polar surface area (TPSA) is 105 Å². The number of carboxylic acid groups (broad SMARTS) is 1. The van der Waals surface area contributed by atoms with Crippen LogP contribution in [0.15, 0.2) is 42.5 Å². The summed E-state index contributed by atoms with van der Waals surface area (Å²) in [6.07, 6.45) is 2.01. The molecule has 0 saturated heterocycles. The number of hydrogen-bond acceptors (Lipinski definition) is 4. The van der Waals surface area contributed by atoms with E-state index in [1.165, 1.54) is 0 Å². The summed E-state index contributed by atoms with van der Waals surface area (Å²) >= 11 is 0. The molecular formula is C22H24N2O5. The molecule has 29 heavy (non-hydrogen) atoms. The van der Waals surface area contributed by atoms with Gasteiger partial charge in [-0.05, 0) is 61.2 Å². The number of aliphatic carboxylic acids is 1. The van der Waals surface area contributed by atoms with Gasteiger partial charge >= 0.3 is 5.97 Å². The molecule has 7 heteroatoms. The van der Waals surface area contributed by atoms with E-state index in [-0.39, 0.29) is 11.8 Å². The second-order valence-electron chi connectivity index (χ2n) is 7.05. The van der Waals surface area contributed by atoms with Gasteiger partial charge in [0.2, 0.25) is 11.8 Å². The van der Waals surface area contributed by atoms with Crippen molar-refractivity contribution in [3.05, 3.63) is 53.6 Å². The summed E-state index contributed by atoms with van der Waals surface area (Å²) in [6, 6.07) is 12.4. The summed E-state index contributed by atoms with van der Waals surface area (Å²) < 4.78 is 5.72. The van der Waals surface area contributed by atoms with E-state index in [4.69, 9.17) is 9.84 Å². The van der Waals surface area contributed by atoms with Crippen LogP contribution in [0.3, 0.4) is 0 Å². The van der Waals surface area contributed by atoms with Gasteiger partial charge in [-0.1, -0.05) is 12.1 Å². The molecule has 2 amide bonds. The van der Waals surface area contributed by atoms with Gasteiger partial charge in [-0.3, -0.25) is 14.4 Å². The van der Waals surface area contributed by atoms with Crippen LogP contribution in [0.2, 0.25) is 0 Å². The SMILES string of the molecule is CC(C(=O)O)c1cccc(NC(=O)CCCOc2ccc3c(c2)CCC(=O)N3)c1. The molecule has 1 aliphatic rings. The summed E-state index contributed by atoms with van der Waals surface area (Å²) in [5.74, 6) is -0.946. The molecule has 1 unspecified atom stereocenters. The molecule has 3 N–H and O–H groups in total. The summed E-state index contributed by atoms with van der Waals surface area (Å²) in [4.78, 5) is 34.6. The minimum absolute atomic E-state index is 0.0279. The normalized spacial score (nSPS) is 13.8. The maximum Gasteiger partial charge on any atom is 0.310 e. The Morgan fingerprint density at radius 1 is 1.21 bits per heavy atom. The fourth-order valence-electron chi connectivity index (χ4n) is 3.12. The second-order valence-corrected chi connectivity index (χ2v) is 7.05. The number of amides is 2. The summed E-state index contributed by atoms with van der Waals surface area (Å²) in [5.41, 5.74) is 3.10. The fourth-order valence-corrected chi connectivity index (χ4v) is 3.12. The van der Waals surface area contributed by atoms with Crippen LogP contribution >= 0.6 is 0 Å². The molecule has 0 aromatic heterocycles.